The zero-order valence-electron chi connectivity index (χ0n) is 5.56. The molecule has 0 N–H and O–H groups in total. The lowest BCUT2D eigenvalue weighted by Crippen LogP contribution is -2.01. The zero-order valence-corrected chi connectivity index (χ0v) is 5.56. The number of hydrogen-bond donors (Lipinski definition) is 0. The van der Waals surface area contributed by atoms with Crippen molar-refractivity contribution in [1.29, 1.82) is 0 Å². The Morgan fingerprint density at radius 1 is 1.62 bits per heavy atom. The van der Waals surface area contributed by atoms with Crippen molar-refractivity contribution in [2.75, 3.05) is 6.54 Å². The van der Waals surface area contributed by atoms with Crippen LogP contribution in [0.5, 0.6) is 0 Å². The fourth-order valence-electron chi connectivity index (χ4n) is 0.452. The predicted octanol–water partition coefficient (Wildman–Crippen LogP) is 1.64. The lowest BCUT2D eigenvalue weighted by molar-refractivity contribution is -0.447. The van der Waals surface area contributed by atoms with Crippen molar-refractivity contribution in [1.82, 2.24) is 0 Å². The van der Waals surface area contributed by atoms with Gasteiger partial charge < -0.3 is 0 Å². The van der Waals surface area contributed by atoms with Gasteiger partial charge in [0.05, 0.1) is 0 Å². The standard InChI is InChI=1S/C7H14N/c1-4-6-7-8(3)5-2/h5H,2-4,6-7H2,1H3/q+1. The summed E-state index contributed by atoms with van der Waals surface area (Å²) in [6.07, 6.45) is 4.17. The summed E-state index contributed by atoms with van der Waals surface area (Å²) in [5, 5.41) is 0. The molecule has 0 aliphatic heterocycles. The minimum absolute atomic E-state index is 1.03. The Morgan fingerprint density at radius 2 is 2.25 bits per heavy atom. The highest BCUT2D eigenvalue weighted by Gasteiger charge is 1.89. The van der Waals surface area contributed by atoms with Crippen molar-refractivity contribution < 1.29 is 4.58 Å². The molecule has 0 aliphatic carbocycles. The van der Waals surface area contributed by atoms with Crippen LogP contribution in [0.4, 0.5) is 0 Å². The fourth-order valence-corrected chi connectivity index (χ4v) is 0.452. The molecular weight excluding hydrogens is 98.1 g/mol. The first-order valence-electron chi connectivity index (χ1n) is 3.01. The topological polar surface area (TPSA) is 3.01 Å². The minimum atomic E-state index is 1.03. The molecule has 0 saturated heterocycles. The average Bonchev–Trinajstić information content (AvgIpc) is 1.83. The van der Waals surface area contributed by atoms with E-state index in [0.29, 0.717) is 0 Å². The molecule has 1 nitrogen and oxygen atoms in total. The smallest absolute Gasteiger partial charge is 0.161 e. The highest BCUT2D eigenvalue weighted by atomic mass is 14.9. The van der Waals surface area contributed by atoms with E-state index in [1.54, 1.807) is 6.20 Å². The van der Waals surface area contributed by atoms with Crippen molar-refractivity contribution in [3.63, 3.8) is 0 Å². The molecule has 0 aromatic carbocycles. The van der Waals surface area contributed by atoms with Gasteiger partial charge in [-0.3, -0.25) is 0 Å². The summed E-state index contributed by atoms with van der Waals surface area (Å²) in [7, 11) is 0. The van der Waals surface area contributed by atoms with Crippen LogP contribution in [-0.2, 0) is 0 Å². The highest BCUT2D eigenvalue weighted by molar-refractivity contribution is 5.15. The summed E-state index contributed by atoms with van der Waals surface area (Å²) in [5.74, 6) is 0. The Balaban J connectivity index is 3.11. The lowest BCUT2D eigenvalue weighted by Gasteiger charge is -1.89. The maximum atomic E-state index is 3.71. The molecule has 0 radical (unpaired) electrons. The molecule has 0 rings (SSSR count). The monoisotopic (exact) mass is 112 g/mol. The van der Waals surface area contributed by atoms with Crippen LogP contribution in [0.15, 0.2) is 12.8 Å². The minimum Gasteiger partial charge on any atom is -0.212 e. The van der Waals surface area contributed by atoms with Crippen molar-refractivity contribution in [2.24, 2.45) is 0 Å². The summed E-state index contributed by atoms with van der Waals surface area (Å²) in [6, 6.07) is 0. The quantitative estimate of drug-likeness (QED) is 0.384. The van der Waals surface area contributed by atoms with Gasteiger partial charge in [0.25, 0.3) is 0 Å². The maximum absolute atomic E-state index is 3.71. The highest BCUT2D eigenvalue weighted by Crippen LogP contribution is 1.85. The van der Waals surface area contributed by atoms with Crippen molar-refractivity contribution in [2.45, 2.75) is 19.8 Å². The lowest BCUT2D eigenvalue weighted by atomic mass is 10.3. The van der Waals surface area contributed by atoms with E-state index in [1.165, 1.54) is 12.8 Å². The Kier molecular flexibility index (Phi) is 4.23. The first-order chi connectivity index (χ1) is 3.81. The second kappa shape index (κ2) is 4.57. The summed E-state index contributed by atoms with van der Waals surface area (Å²) in [6.45, 7) is 10.5. The van der Waals surface area contributed by atoms with E-state index in [2.05, 4.69) is 20.2 Å². The molecule has 0 amide bonds. The van der Waals surface area contributed by atoms with E-state index in [9.17, 15) is 0 Å². The summed E-state index contributed by atoms with van der Waals surface area (Å²) in [5.41, 5.74) is 0. The Hall–Kier alpha value is -0.590. The van der Waals surface area contributed by atoms with Gasteiger partial charge in [0.15, 0.2) is 6.20 Å². The molecule has 0 aliphatic rings. The van der Waals surface area contributed by atoms with E-state index in [4.69, 9.17) is 0 Å². The molecule has 0 unspecified atom stereocenters. The zero-order chi connectivity index (χ0) is 6.41. The van der Waals surface area contributed by atoms with Gasteiger partial charge in [-0.2, -0.15) is 0 Å². The number of hydrogen-bond acceptors (Lipinski definition) is 0. The summed E-state index contributed by atoms with van der Waals surface area (Å²) < 4.78 is 1.85. The van der Waals surface area contributed by atoms with Crippen LogP contribution in [0.25, 0.3) is 0 Å². The van der Waals surface area contributed by atoms with Crippen LogP contribution in [0.2, 0.25) is 0 Å². The van der Waals surface area contributed by atoms with Crippen molar-refractivity contribution in [3.05, 3.63) is 12.8 Å². The molecule has 0 spiro atoms. The van der Waals surface area contributed by atoms with E-state index >= 15 is 0 Å². The maximum Gasteiger partial charge on any atom is 0.161 e. The third-order valence-corrected chi connectivity index (χ3v) is 1.06. The predicted molar refractivity (Wildman–Crippen MR) is 37.4 cm³/mol. The largest absolute Gasteiger partial charge is 0.212 e. The first-order valence-corrected chi connectivity index (χ1v) is 3.01. The third-order valence-electron chi connectivity index (χ3n) is 1.06. The molecule has 0 atom stereocenters. The molecule has 0 bridgehead atoms. The van der Waals surface area contributed by atoms with E-state index < -0.39 is 0 Å². The van der Waals surface area contributed by atoms with E-state index in [0.717, 1.165) is 6.54 Å². The van der Waals surface area contributed by atoms with Gasteiger partial charge in [0.2, 0.25) is 0 Å². The molecule has 0 saturated carbocycles. The van der Waals surface area contributed by atoms with Gasteiger partial charge >= 0.3 is 0 Å². The molecule has 0 heterocycles. The second-order valence-electron chi connectivity index (χ2n) is 1.85. The molecule has 0 aromatic rings. The molecule has 0 fully saturated rings. The molecule has 46 valence electrons. The van der Waals surface area contributed by atoms with Crippen LogP contribution in [0.3, 0.4) is 0 Å². The van der Waals surface area contributed by atoms with Gasteiger partial charge in [-0.15, -0.1) is 0 Å². The van der Waals surface area contributed by atoms with Gasteiger partial charge in [0, 0.05) is 6.42 Å². The molecular formula is C7H14N+. The van der Waals surface area contributed by atoms with Crippen LogP contribution in [0, 0.1) is 0 Å². The molecule has 0 aromatic heterocycles. The van der Waals surface area contributed by atoms with Crippen molar-refractivity contribution >= 4 is 6.72 Å². The number of nitrogens with zero attached hydrogens (tertiary/aromatic N) is 1. The third kappa shape index (κ3) is 3.59. The SMILES string of the molecule is C=C[N+](=C)CCCC. The normalized spacial score (nSPS) is 8.62. The van der Waals surface area contributed by atoms with E-state index in [1.807, 2.05) is 4.58 Å². The fraction of sp³-hybridized carbons (Fsp3) is 0.571. The van der Waals surface area contributed by atoms with Gasteiger partial charge in [-0.25, -0.2) is 4.58 Å². The first kappa shape index (κ1) is 7.41. The number of unbranched alkanes of at least 4 members (excludes halogenated alkanes) is 1. The molecule has 8 heavy (non-hydrogen) atoms. The Labute approximate surface area is 51.3 Å². The molecule has 1 heteroatoms. The summed E-state index contributed by atoms with van der Waals surface area (Å²) in [4.78, 5) is 0. The Bertz CT molecular complexity index is 84.4. The van der Waals surface area contributed by atoms with Gasteiger partial charge in [0.1, 0.15) is 13.3 Å². The van der Waals surface area contributed by atoms with Gasteiger partial charge in [-0.05, 0) is 6.58 Å². The van der Waals surface area contributed by atoms with Crippen LogP contribution in [-0.4, -0.2) is 17.8 Å². The Morgan fingerprint density at radius 3 is 2.62 bits per heavy atom. The second-order valence-corrected chi connectivity index (χ2v) is 1.85. The van der Waals surface area contributed by atoms with Gasteiger partial charge in [-0.1, -0.05) is 13.3 Å². The number of rotatable bonds is 4. The van der Waals surface area contributed by atoms with Crippen LogP contribution < -0.4 is 0 Å². The van der Waals surface area contributed by atoms with Crippen LogP contribution >= 0.6 is 0 Å². The van der Waals surface area contributed by atoms with Crippen LogP contribution in [0.1, 0.15) is 19.8 Å². The van der Waals surface area contributed by atoms with Crippen molar-refractivity contribution in [3.8, 4) is 0 Å². The summed E-state index contributed by atoms with van der Waals surface area (Å²) >= 11 is 0. The van der Waals surface area contributed by atoms with E-state index in [-0.39, 0.29) is 0 Å². The average molecular weight is 112 g/mol.